The number of rotatable bonds is 9. The zero-order valence-corrected chi connectivity index (χ0v) is 19.1. The zero-order chi connectivity index (χ0) is 24.8. The summed E-state index contributed by atoms with van der Waals surface area (Å²) in [7, 11) is 0. The van der Waals surface area contributed by atoms with Crippen molar-refractivity contribution in [1.82, 2.24) is 10.3 Å². The Bertz CT molecular complexity index is 1280. The SMILES string of the molecule is Cc1cc(Nc2cc(CO[C@@H](O)CNCc3ccccc3)cc(C(F)(F)F)c2)c2ccccc2n1. The monoisotopic (exact) mass is 481 g/mol. The van der Waals surface area contributed by atoms with Gasteiger partial charge in [-0.1, -0.05) is 48.5 Å². The molecule has 4 aromatic rings. The first-order valence-corrected chi connectivity index (χ1v) is 11.2. The van der Waals surface area contributed by atoms with E-state index >= 15 is 0 Å². The van der Waals surface area contributed by atoms with Crippen LogP contribution in [-0.4, -0.2) is 22.9 Å². The van der Waals surface area contributed by atoms with Crippen LogP contribution in [0.2, 0.25) is 0 Å². The average molecular weight is 482 g/mol. The first-order chi connectivity index (χ1) is 16.8. The van der Waals surface area contributed by atoms with Crippen molar-refractivity contribution in [3.05, 3.63) is 101 Å². The summed E-state index contributed by atoms with van der Waals surface area (Å²) in [4.78, 5) is 4.47. The number of hydrogen-bond donors (Lipinski definition) is 3. The van der Waals surface area contributed by atoms with Crippen molar-refractivity contribution in [3.8, 4) is 0 Å². The number of hydrogen-bond acceptors (Lipinski definition) is 5. The minimum atomic E-state index is -4.53. The molecule has 0 aliphatic rings. The van der Waals surface area contributed by atoms with Crippen LogP contribution in [-0.2, 0) is 24.1 Å². The van der Waals surface area contributed by atoms with Gasteiger partial charge < -0.3 is 20.5 Å². The lowest BCUT2D eigenvalue weighted by Gasteiger charge is -2.17. The van der Waals surface area contributed by atoms with E-state index in [1.54, 1.807) is 12.1 Å². The Morgan fingerprint density at radius 1 is 0.943 bits per heavy atom. The maximum absolute atomic E-state index is 13.6. The highest BCUT2D eigenvalue weighted by Gasteiger charge is 2.31. The topological polar surface area (TPSA) is 66.4 Å². The molecule has 1 aromatic heterocycles. The van der Waals surface area contributed by atoms with Crippen LogP contribution in [0.1, 0.15) is 22.4 Å². The van der Waals surface area contributed by atoms with E-state index in [9.17, 15) is 18.3 Å². The summed E-state index contributed by atoms with van der Waals surface area (Å²) < 4.78 is 46.2. The van der Waals surface area contributed by atoms with Gasteiger partial charge in [0.25, 0.3) is 0 Å². The average Bonchev–Trinajstić information content (AvgIpc) is 2.83. The van der Waals surface area contributed by atoms with E-state index in [1.807, 2.05) is 61.5 Å². The van der Waals surface area contributed by atoms with Crippen molar-refractivity contribution in [1.29, 1.82) is 0 Å². The molecule has 0 saturated heterocycles. The highest BCUT2D eigenvalue weighted by atomic mass is 19.4. The normalized spacial score (nSPS) is 12.6. The third-order valence-electron chi connectivity index (χ3n) is 5.38. The number of pyridine rings is 1. The molecule has 0 saturated carbocycles. The molecule has 4 rings (SSSR count). The quantitative estimate of drug-likeness (QED) is 0.259. The van der Waals surface area contributed by atoms with E-state index in [0.29, 0.717) is 17.8 Å². The molecule has 5 nitrogen and oxygen atoms in total. The van der Waals surface area contributed by atoms with Crippen molar-refractivity contribution >= 4 is 22.3 Å². The molecule has 8 heteroatoms. The second-order valence-corrected chi connectivity index (χ2v) is 8.25. The molecule has 0 amide bonds. The van der Waals surface area contributed by atoms with Crippen LogP contribution in [0.25, 0.3) is 10.9 Å². The fourth-order valence-corrected chi connectivity index (χ4v) is 3.77. The molecule has 3 aromatic carbocycles. The molecular weight excluding hydrogens is 455 g/mol. The van der Waals surface area contributed by atoms with Gasteiger partial charge in [0, 0.05) is 35.5 Å². The lowest BCUT2D eigenvalue weighted by molar-refractivity contribution is -0.137. The number of halogens is 3. The largest absolute Gasteiger partial charge is 0.416 e. The van der Waals surface area contributed by atoms with Gasteiger partial charge in [0.1, 0.15) is 0 Å². The van der Waals surface area contributed by atoms with Crippen LogP contribution in [0.4, 0.5) is 24.5 Å². The van der Waals surface area contributed by atoms with Gasteiger partial charge in [0.05, 0.1) is 17.7 Å². The Morgan fingerprint density at radius 3 is 2.46 bits per heavy atom. The number of aliphatic hydroxyl groups excluding tert-OH is 1. The number of ether oxygens (including phenoxy) is 1. The van der Waals surface area contributed by atoms with E-state index in [0.717, 1.165) is 34.3 Å². The van der Waals surface area contributed by atoms with Crippen LogP contribution in [0.5, 0.6) is 0 Å². The molecule has 35 heavy (non-hydrogen) atoms. The van der Waals surface area contributed by atoms with Crippen LogP contribution in [0, 0.1) is 6.92 Å². The molecule has 0 fully saturated rings. The lowest BCUT2D eigenvalue weighted by Crippen LogP contribution is -2.28. The molecule has 0 aliphatic heterocycles. The van der Waals surface area contributed by atoms with Crippen molar-refractivity contribution in [2.24, 2.45) is 0 Å². The molecule has 0 aliphatic carbocycles. The van der Waals surface area contributed by atoms with E-state index in [1.165, 1.54) is 0 Å². The summed E-state index contributed by atoms with van der Waals surface area (Å²) in [5.41, 5.74) is 2.96. The number of alkyl halides is 3. The maximum atomic E-state index is 13.6. The predicted octanol–water partition coefficient (Wildman–Crippen LogP) is 5.93. The number of anilines is 2. The summed E-state index contributed by atoms with van der Waals surface area (Å²) in [6.07, 6.45) is -5.70. The van der Waals surface area contributed by atoms with Crippen molar-refractivity contribution < 1.29 is 23.0 Å². The minimum Gasteiger partial charge on any atom is -0.367 e. The number of nitrogens with one attached hydrogen (secondary N) is 2. The molecule has 1 heterocycles. The van der Waals surface area contributed by atoms with Gasteiger partial charge in [0.2, 0.25) is 0 Å². The molecule has 0 bridgehead atoms. The summed E-state index contributed by atoms with van der Waals surface area (Å²) in [6, 6.07) is 22.5. The number of para-hydroxylation sites is 1. The van der Waals surface area contributed by atoms with E-state index in [4.69, 9.17) is 4.74 Å². The van der Waals surface area contributed by atoms with Crippen molar-refractivity contribution in [2.45, 2.75) is 32.5 Å². The number of nitrogens with zero attached hydrogens (tertiary/aromatic N) is 1. The van der Waals surface area contributed by atoms with Crippen molar-refractivity contribution in [3.63, 3.8) is 0 Å². The van der Waals surface area contributed by atoms with E-state index in [-0.39, 0.29) is 18.8 Å². The molecule has 182 valence electrons. The van der Waals surface area contributed by atoms with Gasteiger partial charge >= 0.3 is 6.18 Å². The van der Waals surface area contributed by atoms with Crippen molar-refractivity contribution in [2.75, 3.05) is 11.9 Å². The molecule has 3 N–H and O–H groups in total. The standard InChI is InChI=1S/C27H26F3N3O2/c1-18-11-25(23-9-5-6-10-24(23)32-18)33-22-13-20(12-21(14-22)27(28,29)30)17-35-26(34)16-31-15-19-7-3-2-4-8-19/h2-14,26,31,34H,15-17H2,1H3,(H,32,33)/t26-/m1/s1. The molecule has 0 unspecified atom stereocenters. The second-order valence-electron chi connectivity index (χ2n) is 8.25. The number of fused-ring (bicyclic) bond motifs is 1. The predicted molar refractivity (Wildman–Crippen MR) is 130 cm³/mol. The Labute approximate surface area is 201 Å². The van der Waals surface area contributed by atoms with Gasteiger partial charge in [-0.2, -0.15) is 13.2 Å². The van der Waals surface area contributed by atoms with Gasteiger partial charge in [-0.3, -0.25) is 4.98 Å². The molecule has 0 spiro atoms. The molecule has 1 atom stereocenters. The zero-order valence-electron chi connectivity index (χ0n) is 19.1. The lowest BCUT2D eigenvalue weighted by atomic mass is 10.1. The van der Waals surface area contributed by atoms with Gasteiger partial charge in [-0.15, -0.1) is 0 Å². The molecular formula is C27H26F3N3O2. The number of aryl methyl sites for hydroxylation is 1. The van der Waals surface area contributed by atoms with Gasteiger partial charge in [0.15, 0.2) is 6.29 Å². The number of aliphatic hydroxyl groups is 1. The molecule has 0 radical (unpaired) electrons. The summed E-state index contributed by atoms with van der Waals surface area (Å²) in [5.74, 6) is 0. The number of aromatic nitrogens is 1. The smallest absolute Gasteiger partial charge is 0.367 e. The summed E-state index contributed by atoms with van der Waals surface area (Å²) in [6.45, 7) is 2.33. The van der Waals surface area contributed by atoms with E-state index < -0.39 is 18.0 Å². The van der Waals surface area contributed by atoms with Crippen LogP contribution in [0.15, 0.2) is 78.9 Å². The Morgan fingerprint density at radius 2 is 1.69 bits per heavy atom. The Hall–Kier alpha value is -3.46. The Balaban J connectivity index is 1.47. The third-order valence-corrected chi connectivity index (χ3v) is 5.38. The highest BCUT2D eigenvalue weighted by molar-refractivity contribution is 5.93. The highest BCUT2D eigenvalue weighted by Crippen LogP contribution is 2.34. The Kier molecular flexibility index (Phi) is 7.65. The summed E-state index contributed by atoms with van der Waals surface area (Å²) in [5, 5.41) is 17.1. The first kappa shape index (κ1) is 24.7. The fraction of sp³-hybridized carbons (Fsp3) is 0.222. The third kappa shape index (κ3) is 6.79. The van der Waals surface area contributed by atoms with Crippen LogP contribution in [0.3, 0.4) is 0 Å². The van der Waals surface area contributed by atoms with Gasteiger partial charge in [-0.25, -0.2) is 0 Å². The first-order valence-electron chi connectivity index (χ1n) is 11.2. The minimum absolute atomic E-state index is 0.140. The van der Waals surface area contributed by atoms with Gasteiger partial charge in [-0.05, 0) is 48.4 Å². The van der Waals surface area contributed by atoms with Crippen LogP contribution < -0.4 is 10.6 Å². The van der Waals surface area contributed by atoms with E-state index in [2.05, 4.69) is 15.6 Å². The maximum Gasteiger partial charge on any atom is 0.416 e. The second kappa shape index (κ2) is 10.9. The van der Waals surface area contributed by atoms with Crippen LogP contribution >= 0.6 is 0 Å². The number of benzene rings is 3. The summed E-state index contributed by atoms with van der Waals surface area (Å²) >= 11 is 0. The fourth-order valence-electron chi connectivity index (χ4n) is 3.77.